The number of aromatic nitrogens is 3. The molecule has 0 radical (unpaired) electrons. The summed E-state index contributed by atoms with van der Waals surface area (Å²) in [4.78, 5) is 11.3. The van der Waals surface area contributed by atoms with Gasteiger partial charge >= 0.3 is 25.0 Å². The summed E-state index contributed by atoms with van der Waals surface area (Å²) in [5, 5.41) is 0.295. The third kappa shape index (κ3) is 4.87. The summed E-state index contributed by atoms with van der Waals surface area (Å²) >= 11 is 0. The molecule has 1 aromatic carbocycles. The summed E-state index contributed by atoms with van der Waals surface area (Å²) in [6.45, 7) is 0.202. The van der Waals surface area contributed by atoms with Crippen molar-refractivity contribution in [3.05, 3.63) is 47.8 Å². The molecule has 0 amide bonds. The number of nitrogens with one attached hydrogen (secondary N) is 1. The van der Waals surface area contributed by atoms with Crippen molar-refractivity contribution in [3.63, 3.8) is 0 Å². The number of hydrogen-bond donors (Lipinski definition) is 1. The zero-order chi connectivity index (χ0) is 18.0. The van der Waals surface area contributed by atoms with E-state index < -0.39 is 23.6 Å². The number of fused-ring (bicyclic) bond motifs is 1. The first-order valence-corrected chi connectivity index (χ1v) is 8.62. The van der Waals surface area contributed by atoms with Gasteiger partial charge in [0.2, 0.25) is 0 Å². The van der Waals surface area contributed by atoms with E-state index in [0.29, 0.717) is 21.9 Å². The Morgan fingerprint density at radius 1 is 1.27 bits per heavy atom. The molecule has 3 aromatic rings. The average molecular weight is 377 g/mol. The summed E-state index contributed by atoms with van der Waals surface area (Å²) in [7, 11) is -1.51. The van der Waals surface area contributed by atoms with Crippen LogP contribution in [0.25, 0.3) is 11.0 Å². The van der Waals surface area contributed by atoms with Crippen molar-refractivity contribution in [2.75, 3.05) is 6.61 Å². The van der Waals surface area contributed by atoms with E-state index in [0.717, 1.165) is 5.52 Å². The van der Waals surface area contributed by atoms with Crippen LogP contribution in [-0.2, 0) is 16.6 Å². The van der Waals surface area contributed by atoms with Gasteiger partial charge in [0.05, 0.1) is 33.3 Å². The van der Waals surface area contributed by atoms with Gasteiger partial charge in [-0.2, -0.15) is 13.2 Å². The second-order valence-electron chi connectivity index (χ2n) is 5.33. The standard InChI is InChI=1S/C16H14F3N3O2S.Li.H/c1-10-13(20-7-6-14(10)24-9-16(17,18)19)8-25(23)15-21-11-4-2-3-5-12(11)22-15;;/h2-7H,8-9H2,1H3,(H,21,22);;/q;+1;-1. The number of rotatable bonds is 5. The minimum Gasteiger partial charge on any atom is -1.00 e. The Balaban J connectivity index is 0.00000182. The number of H-pyrrole nitrogens is 1. The zero-order valence-electron chi connectivity index (χ0n) is 15.1. The summed E-state index contributed by atoms with van der Waals surface area (Å²) in [6.07, 6.45) is -3.09. The summed E-state index contributed by atoms with van der Waals surface area (Å²) in [5.74, 6) is 0.0958. The molecule has 0 aliphatic carbocycles. The van der Waals surface area contributed by atoms with Crippen molar-refractivity contribution in [2.45, 2.75) is 24.0 Å². The van der Waals surface area contributed by atoms with Crippen LogP contribution in [0.1, 0.15) is 12.7 Å². The van der Waals surface area contributed by atoms with Crippen molar-refractivity contribution in [3.8, 4) is 5.75 Å². The molecule has 1 unspecified atom stereocenters. The molecule has 0 saturated carbocycles. The molecule has 5 nitrogen and oxygen atoms in total. The van der Waals surface area contributed by atoms with Crippen LogP contribution in [0.2, 0.25) is 0 Å². The molecule has 2 aromatic heterocycles. The van der Waals surface area contributed by atoms with Crippen LogP contribution in [0.3, 0.4) is 0 Å². The SMILES string of the molecule is Cc1c(OCC(F)(F)F)ccnc1CS(=O)c1nc2ccccc2[nH]1.[H-].[Li+]. The molecule has 134 valence electrons. The van der Waals surface area contributed by atoms with Crippen LogP contribution >= 0.6 is 0 Å². The van der Waals surface area contributed by atoms with Crippen molar-refractivity contribution in [2.24, 2.45) is 0 Å². The van der Waals surface area contributed by atoms with Gasteiger partial charge in [-0.3, -0.25) is 9.19 Å². The number of aromatic amines is 1. The number of para-hydroxylation sites is 2. The Bertz CT molecular complexity index is 904. The van der Waals surface area contributed by atoms with E-state index in [2.05, 4.69) is 15.0 Å². The van der Waals surface area contributed by atoms with E-state index in [4.69, 9.17) is 4.74 Å². The monoisotopic (exact) mass is 377 g/mol. The van der Waals surface area contributed by atoms with Gasteiger partial charge in [-0.05, 0) is 25.1 Å². The predicted octanol–water partition coefficient (Wildman–Crippen LogP) is 0.632. The van der Waals surface area contributed by atoms with Crippen LogP contribution < -0.4 is 23.6 Å². The van der Waals surface area contributed by atoms with Crippen molar-refractivity contribution in [1.82, 2.24) is 15.0 Å². The fourth-order valence-electron chi connectivity index (χ4n) is 2.25. The van der Waals surface area contributed by atoms with Crippen LogP contribution in [0.4, 0.5) is 13.2 Å². The number of imidazole rings is 1. The predicted molar refractivity (Wildman–Crippen MR) is 87.8 cm³/mol. The maximum atomic E-state index is 12.5. The molecule has 0 fully saturated rings. The second-order valence-corrected chi connectivity index (χ2v) is 6.70. The molecule has 0 bridgehead atoms. The Hall–Kier alpha value is -1.82. The molecule has 26 heavy (non-hydrogen) atoms. The molecule has 0 spiro atoms. The number of nitrogens with zero attached hydrogens (tertiary/aromatic N) is 2. The van der Waals surface area contributed by atoms with E-state index in [1.165, 1.54) is 12.3 Å². The van der Waals surface area contributed by atoms with Crippen molar-refractivity contribution >= 4 is 21.8 Å². The number of benzene rings is 1. The molecule has 2 heterocycles. The van der Waals surface area contributed by atoms with Crippen molar-refractivity contribution in [1.29, 1.82) is 0 Å². The van der Waals surface area contributed by atoms with Gasteiger partial charge in [0.1, 0.15) is 5.75 Å². The average Bonchev–Trinajstić information content (AvgIpc) is 2.99. The molecule has 1 N–H and O–H groups in total. The molecule has 0 aliphatic rings. The van der Waals surface area contributed by atoms with Gasteiger partial charge in [-0.15, -0.1) is 0 Å². The summed E-state index contributed by atoms with van der Waals surface area (Å²) in [6, 6.07) is 8.62. The topological polar surface area (TPSA) is 67.9 Å². The van der Waals surface area contributed by atoms with Gasteiger partial charge in [-0.1, -0.05) is 12.1 Å². The maximum absolute atomic E-state index is 12.5. The number of hydrogen-bond acceptors (Lipinski definition) is 4. The van der Waals surface area contributed by atoms with E-state index in [1.54, 1.807) is 13.0 Å². The molecule has 3 rings (SSSR count). The largest absolute Gasteiger partial charge is 1.00 e. The number of pyridine rings is 1. The van der Waals surface area contributed by atoms with E-state index in [9.17, 15) is 17.4 Å². The normalized spacial score (nSPS) is 12.6. The first-order chi connectivity index (χ1) is 11.8. The van der Waals surface area contributed by atoms with Gasteiger partial charge in [0, 0.05) is 11.8 Å². The van der Waals surface area contributed by atoms with E-state index in [-0.39, 0.29) is 31.8 Å². The Morgan fingerprint density at radius 2 is 2.00 bits per heavy atom. The molecule has 10 heteroatoms. The first-order valence-electron chi connectivity index (χ1n) is 7.30. The van der Waals surface area contributed by atoms with Crippen LogP contribution in [-0.4, -0.2) is 31.9 Å². The Labute approximate surface area is 163 Å². The molecular formula is C16H15F3LiN3O2S. The van der Waals surface area contributed by atoms with Gasteiger partial charge in [0.25, 0.3) is 0 Å². The fourth-order valence-corrected chi connectivity index (χ4v) is 3.35. The minimum atomic E-state index is -4.42. The van der Waals surface area contributed by atoms with Crippen LogP contribution in [0, 0.1) is 6.92 Å². The fraction of sp³-hybridized carbons (Fsp3) is 0.250. The number of halogens is 3. The third-order valence-corrected chi connectivity index (χ3v) is 4.66. The molecule has 0 saturated heterocycles. The number of ether oxygens (including phenoxy) is 1. The van der Waals surface area contributed by atoms with E-state index >= 15 is 0 Å². The Morgan fingerprint density at radius 3 is 2.69 bits per heavy atom. The van der Waals surface area contributed by atoms with Gasteiger partial charge < -0.3 is 11.1 Å². The third-order valence-electron chi connectivity index (χ3n) is 3.50. The quantitative estimate of drug-likeness (QED) is 0.663. The van der Waals surface area contributed by atoms with Gasteiger partial charge in [-0.25, -0.2) is 4.98 Å². The zero-order valence-corrected chi connectivity index (χ0v) is 14.9. The van der Waals surface area contributed by atoms with Crippen LogP contribution in [0.15, 0.2) is 41.7 Å². The first kappa shape index (κ1) is 20.5. The smallest absolute Gasteiger partial charge is 1.00 e. The van der Waals surface area contributed by atoms with Crippen molar-refractivity contribution < 1.29 is 42.4 Å². The van der Waals surface area contributed by atoms with Gasteiger partial charge in [0.15, 0.2) is 11.8 Å². The van der Waals surface area contributed by atoms with Crippen LogP contribution in [0.5, 0.6) is 5.75 Å². The summed E-state index contributed by atoms with van der Waals surface area (Å²) < 4.78 is 54.2. The molecule has 1 atom stereocenters. The number of alkyl halides is 3. The molecule has 0 aliphatic heterocycles. The Kier molecular flexibility index (Phi) is 6.50. The minimum absolute atomic E-state index is 0. The summed E-state index contributed by atoms with van der Waals surface area (Å²) in [5.41, 5.74) is 2.28. The maximum Gasteiger partial charge on any atom is 1.00 e. The molecular weight excluding hydrogens is 362 g/mol. The van der Waals surface area contributed by atoms with E-state index in [1.807, 2.05) is 18.2 Å². The second kappa shape index (κ2) is 8.25.